The molecule has 1 fully saturated rings. The molecule has 6 nitrogen and oxygen atoms in total. The Bertz CT molecular complexity index is 708. The van der Waals surface area contributed by atoms with Gasteiger partial charge in [0.05, 0.1) is 6.04 Å². The number of nitrogens with zero attached hydrogens (tertiary/aromatic N) is 1. The van der Waals surface area contributed by atoms with Crippen LogP contribution in [-0.4, -0.2) is 45.4 Å². The van der Waals surface area contributed by atoms with Crippen LogP contribution >= 0.6 is 11.3 Å². The van der Waals surface area contributed by atoms with Crippen LogP contribution in [0.5, 0.6) is 0 Å². The van der Waals surface area contributed by atoms with E-state index in [1.165, 1.54) is 24.7 Å². The minimum Gasteiger partial charge on any atom is -0.349 e. The Morgan fingerprint density at radius 3 is 2.56 bits per heavy atom. The molecule has 0 spiro atoms. The highest BCUT2D eigenvalue weighted by atomic mass is 32.2. The molecule has 1 aliphatic heterocycles. The topological polar surface area (TPSA) is 78.5 Å². The van der Waals surface area contributed by atoms with Crippen molar-refractivity contribution in [3.63, 3.8) is 0 Å². The van der Waals surface area contributed by atoms with Crippen LogP contribution < -0.4 is 10.0 Å². The van der Waals surface area contributed by atoms with Crippen LogP contribution in [0.25, 0.3) is 0 Å². The van der Waals surface area contributed by atoms with Crippen molar-refractivity contribution in [2.75, 3.05) is 26.2 Å². The number of rotatable bonds is 9. The highest BCUT2D eigenvalue weighted by molar-refractivity contribution is 7.91. The predicted molar refractivity (Wildman–Crippen MR) is 110 cm³/mol. The first-order valence-electron chi connectivity index (χ1n) is 9.76. The molecule has 1 aromatic rings. The van der Waals surface area contributed by atoms with Gasteiger partial charge in [0.2, 0.25) is 15.9 Å². The molecule has 0 unspecified atom stereocenters. The fourth-order valence-electron chi connectivity index (χ4n) is 3.80. The summed E-state index contributed by atoms with van der Waals surface area (Å²) in [7, 11) is -3.48. The van der Waals surface area contributed by atoms with Crippen molar-refractivity contribution >= 4 is 27.3 Å². The van der Waals surface area contributed by atoms with E-state index in [1.54, 1.807) is 12.1 Å². The number of carbonyl (C=O) groups is 1. The average Bonchev–Trinajstić information content (AvgIpc) is 3.04. The summed E-state index contributed by atoms with van der Waals surface area (Å²) in [4.78, 5) is 14.5. The van der Waals surface area contributed by atoms with E-state index in [0.717, 1.165) is 49.2 Å². The number of carbonyl (C=O) groups excluding carboxylic acids is 1. The fraction of sp³-hybridized carbons (Fsp3) is 0.737. The molecule has 1 aromatic heterocycles. The Morgan fingerprint density at radius 2 is 1.93 bits per heavy atom. The lowest BCUT2D eigenvalue weighted by molar-refractivity contribution is -0.119. The van der Waals surface area contributed by atoms with Gasteiger partial charge in [0.15, 0.2) is 0 Å². The van der Waals surface area contributed by atoms with Crippen LogP contribution in [-0.2, 0) is 14.8 Å². The predicted octanol–water partition coefficient (Wildman–Crippen LogP) is 2.98. The molecule has 1 amide bonds. The highest BCUT2D eigenvalue weighted by Gasteiger charge is 2.21. The molecule has 27 heavy (non-hydrogen) atoms. The Balaban J connectivity index is 1.75. The van der Waals surface area contributed by atoms with Crippen LogP contribution in [0.1, 0.15) is 57.9 Å². The maximum absolute atomic E-state index is 12.4. The summed E-state index contributed by atoms with van der Waals surface area (Å²) in [6.45, 7) is 11.7. The van der Waals surface area contributed by atoms with Crippen LogP contribution in [0.4, 0.5) is 0 Å². The van der Waals surface area contributed by atoms with E-state index in [1.807, 2.05) is 6.92 Å². The Hall–Kier alpha value is -0.960. The largest absolute Gasteiger partial charge is 0.349 e. The highest BCUT2D eigenvalue weighted by Crippen LogP contribution is 2.26. The average molecular weight is 416 g/mol. The van der Waals surface area contributed by atoms with Crippen molar-refractivity contribution in [2.24, 2.45) is 11.8 Å². The third-order valence-electron chi connectivity index (χ3n) is 4.85. The first-order valence-corrected chi connectivity index (χ1v) is 12.1. The van der Waals surface area contributed by atoms with E-state index in [2.05, 4.69) is 28.8 Å². The first-order chi connectivity index (χ1) is 12.7. The molecular formula is C19H33N3O3S2. The minimum atomic E-state index is -3.48. The summed E-state index contributed by atoms with van der Waals surface area (Å²) < 4.78 is 27.9. The van der Waals surface area contributed by atoms with Gasteiger partial charge in [-0.15, -0.1) is 11.3 Å². The second-order valence-corrected chi connectivity index (χ2v) is 11.0. The Kier molecular flexibility index (Phi) is 8.27. The van der Waals surface area contributed by atoms with Crippen molar-refractivity contribution in [3.05, 3.63) is 17.0 Å². The number of unbranched alkanes of at least 4 members (excludes halogenated alkanes) is 1. The molecule has 3 atom stereocenters. The monoisotopic (exact) mass is 415 g/mol. The lowest BCUT2D eigenvalue weighted by atomic mass is 9.92. The van der Waals surface area contributed by atoms with E-state index in [9.17, 15) is 13.2 Å². The molecule has 2 heterocycles. The summed E-state index contributed by atoms with van der Waals surface area (Å²) in [6.07, 6.45) is 3.13. The standard InChI is InChI=1S/C19H33N3O3S2/c1-14-11-15(2)13-22(12-14)10-6-5-9-20-27(24,25)19-8-7-18(26-19)16(3)21-17(4)23/h7-8,14-16,20H,5-6,9-13H2,1-4H3,(H,21,23)/t14-,15-,16-/m1/s1. The lowest BCUT2D eigenvalue weighted by Gasteiger charge is -2.34. The Morgan fingerprint density at radius 1 is 1.26 bits per heavy atom. The molecule has 2 rings (SSSR count). The molecular weight excluding hydrogens is 382 g/mol. The van der Waals surface area contributed by atoms with Crippen molar-refractivity contribution in [3.8, 4) is 0 Å². The lowest BCUT2D eigenvalue weighted by Crippen LogP contribution is -2.39. The van der Waals surface area contributed by atoms with E-state index in [4.69, 9.17) is 0 Å². The SMILES string of the molecule is CC(=O)N[C@H](C)c1ccc(S(=O)(=O)NCCCCN2C[C@H](C)C[C@@H](C)C2)s1. The first kappa shape index (κ1) is 22.3. The summed E-state index contributed by atoms with van der Waals surface area (Å²) in [5.74, 6) is 1.37. The molecule has 2 N–H and O–H groups in total. The van der Waals surface area contributed by atoms with E-state index in [-0.39, 0.29) is 11.9 Å². The van der Waals surface area contributed by atoms with Gasteiger partial charge in [-0.05, 0) is 56.7 Å². The maximum Gasteiger partial charge on any atom is 0.250 e. The van der Waals surface area contributed by atoms with Gasteiger partial charge < -0.3 is 10.2 Å². The molecule has 0 saturated carbocycles. The van der Waals surface area contributed by atoms with Gasteiger partial charge in [0, 0.05) is 31.4 Å². The van der Waals surface area contributed by atoms with Crippen molar-refractivity contribution in [1.29, 1.82) is 0 Å². The van der Waals surface area contributed by atoms with Gasteiger partial charge in [0.25, 0.3) is 0 Å². The number of amides is 1. The summed E-state index contributed by atoms with van der Waals surface area (Å²) >= 11 is 1.20. The van der Waals surface area contributed by atoms with Crippen molar-refractivity contribution in [2.45, 2.75) is 57.2 Å². The van der Waals surface area contributed by atoms with Gasteiger partial charge in [0.1, 0.15) is 4.21 Å². The second-order valence-electron chi connectivity index (χ2n) is 7.89. The van der Waals surface area contributed by atoms with Crippen LogP contribution in [0.15, 0.2) is 16.3 Å². The normalized spacial score (nSPS) is 22.5. The summed E-state index contributed by atoms with van der Waals surface area (Å²) in [5, 5.41) is 2.77. The fourth-order valence-corrected chi connectivity index (χ4v) is 6.25. The van der Waals surface area contributed by atoms with E-state index < -0.39 is 10.0 Å². The van der Waals surface area contributed by atoms with Gasteiger partial charge in [-0.3, -0.25) is 4.79 Å². The van der Waals surface area contributed by atoms with Gasteiger partial charge in [-0.25, -0.2) is 13.1 Å². The smallest absolute Gasteiger partial charge is 0.250 e. The van der Waals surface area contributed by atoms with Crippen LogP contribution in [0.2, 0.25) is 0 Å². The summed E-state index contributed by atoms with van der Waals surface area (Å²) in [6, 6.07) is 3.18. The molecule has 154 valence electrons. The molecule has 8 heteroatoms. The van der Waals surface area contributed by atoms with Crippen molar-refractivity contribution < 1.29 is 13.2 Å². The van der Waals surface area contributed by atoms with E-state index in [0.29, 0.717) is 10.8 Å². The van der Waals surface area contributed by atoms with Crippen LogP contribution in [0, 0.1) is 11.8 Å². The quantitative estimate of drug-likeness (QED) is 0.608. The molecule has 0 aliphatic carbocycles. The molecule has 1 aliphatic rings. The molecule has 0 radical (unpaired) electrons. The zero-order chi connectivity index (χ0) is 20.0. The number of hydrogen-bond acceptors (Lipinski definition) is 5. The number of likely N-dealkylation sites (tertiary alicyclic amines) is 1. The van der Waals surface area contributed by atoms with Crippen LogP contribution in [0.3, 0.4) is 0 Å². The van der Waals surface area contributed by atoms with Gasteiger partial charge >= 0.3 is 0 Å². The number of thiophene rings is 1. The molecule has 1 saturated heterocycles. The minimum absolute atomic E-state index is 0.129. The number of hydrogen-bond donors (Lipinski definition) is 2. The summed E-state index contributed by atoms with van der Waals surface area (Å²) in [5.41, 5.74) is 0. The second kappa shape index (κ2) is 10.0. The Labute approximate surface area is 167 Å². The third-order valence-corrected chi connectivity index (χ3v) is 8.07. The van der Waals surface area contributed by atoms with Gasteiger partial charge in [-0.1, -0.05) is 13.8 Å². The third kappa shape index (κ3) is 7.18. The van der Waals surface area contributed by atoms with E-state index >= 15 is 0 Å². The molecule has 0 bridgehead atoms. The zero-order valence-electron chi connectivity index (χ0n) is 16.8. The van der Waals surface area contributed by atoms with Crippen molar-refractivity contribution in [1.82, 2.24) is 14.9 Å². The number of piperidine rings is 1. The number of nitrogens with one attached hydrogen (secondary N) is 2. The zero-order valence-corrected chi connectivity index (χ0v) is 18.5. The maximum atomic E-state index is 12.4. The number of sulfonamides is 1. The molecule has 0 aromatic carbocycles. The van der Waals surface area contributed by atoms with Gasteiger partial charge in [-0.2, -0.15) is 0 Å².